The van der Waals surface area contributed by atoms with Crippen LogP contribution < -0.4 is 15.4 Å². The van der Waals surface area contributed by atoms with Crippen molar-refractivity contribution in [2.75, 3.05) is 33.5 Å². The standard InChI is InChI=1S/C18H31N3O3.HI/c1-4-16(14-22)21-18(19-11-6-12-24-5-2)20-13-15-7-9-17(23-3)10-8-15;/h7-10,16,22H,4-6,11-14H2,1-3H3,(H2,19,20,21);1H/t16-;/m1./s1. The largest absolute Gasteiger partial charge is 0.497 e. The van der Waals surface area contributed by atoms with Gasteiger partial charge in [-0.15, -0.1) is 24.0 Å². The van der Waals surface area contributed by atoms with E-state index in [-0.39, 0.29) is 36.6 Å². The fourth-order valence-electron chi connectivity index (χ4n) is 2.05. The fraction of sp³-hybridized carbons (Fsp3) is 0.611. The van der Waals surface area contributed by atoms with Crippen molar-refractivity contribution in [3.05, 3.63) is 29.8 Å². The molecule has 3 N–H and O–H groups in total. The van der Waals surface area contributed by atoms with Crippen molar-refractivity contribution in [1.29, 1.82) is 0 Å². The zero-order valence-electron chi connectivity index (χ0n) is 15.5. The number of nitrogens with one attached hydrogen (secondary N) is 2. The monoisotopic (exact) mass is 465 g/mol. The molecule has 1 aromatic rings. The summed E-state index contributed by atoms with van der Waals surface area (Å²) in [6.07, 6.45) is 1.74. The molecule has 0 aliphatic heterocycles. The number of rotatable bonds is 11. The molecule has 0 saturated carbocycles. The van der Waals surface area contributed by atoms with E-state index in [1.807, 2.05) is 38.1 Å². The number of guanidine groups is 1. The number of hydrogen-bond acceptors (Lipinski definition) is 4. The molecule has 0 radical (unpaired) electrons. The summed E-state index contributed by atoms with van der Waals surface area (Å²) in [6, 6.07) is 7.85. The van der Waals surface area contributed by atoms with Gasteiger partial charge in [-0.1, -0.05) is 19.1 Å². The summed E-state index contributed by atoms with van der Waals surface area (Å²) in [5.74, 6) is 1.55. The predicted octanol–water partition coefficient (Wildman–Crippen LogP) is 2.55. The van der Waals surface area contributed by atoms with Crippen molar-refractivity contribution in [3.8, 4) is 5.75 Å². The number of benzene rings is 1. The first-order valence-corrected chi connectivity index (χ1v) is 8.59. The maximum Gasteiger partial charge on any atom is 0.191 e. The molecule has 0 aliphatic carbocycles. The van der Waals surface area contributed by atoms with E-state index in [4.69, 9.17) is 9.47 Å². The van der Waals surface area contributed by atoms with Gasteiger partial charge in [0.25, 0.3) is 0 Å². The third kappa shape index (κ3) is 10.5. The second kappa shape index (κ2) is 15.2. The highest BCUT2D eigenvalue weighted by Crippen LogP contribution is 2.11. The number of halogens is 1. The van der Waals surface area contributed by atoms with Gasteiger partial charge in [-0.25, -0.2) is 4.99 Å². The van der Waals surface area contributed by atoms with E-state index >= 15 is 0 Å². The average Bonchev–Trinajstić information content (AvgIpc) is 2.63. The van der Waals surface area contributed by atoms with Gasteiger partial charge in [0.1, 0.15) is 5.75 Å². The Hall–Kier alpha value is -1.06. The van der Waals surface area contributed by atoms with Gasteiger partial charge in [-0.3, -0.25) is 0 Å². The lowest BCUT2D eigenvalue weighted by atomic mass is 10.2. The Kier molecular flexibility index (Phi) is 14.6. The van der Waals surface area contributed by atoms with E-state index < -0.39 is 0 Å². The number of aliphatic hydroxyl groups is 1. The van der Waals surface area contributed by atoms with Gasteiger partial charge < -0.3 is 25.2 Å². The number of nitrogens with zero attached hydrogens (tertiary/aromatic N) is 1. The van der Waals surface area contributed by atoms with Crippen LogP contribution in [0.2, 0.25) is 0 Å². The van der Waals surface area contributed by atoms with Gasteiger partial charge in [-0.05, 0) is 37.5 Å². The molecule has 0 aliphatic rings. The smallest absolute Gasteiger partial charge is 0.191 e. The summed E-state index contributed by atoms with van der Waals surface area (Å²) in [5.41, 5.74) is 1.10. The zero-order valence-corrected chi connectivity index (χ0v) is 17.8. The second-order valence-electron chi connectivity index (χ2n) is 5.42. The maximum atomic E-state index is 9.38. The van der Waals surface area contributed by atoms with Gasteiger partial charge in [0.05, 0.1) is 26.3 Å². The van der Waals surface area contributed by atoms with Crippen LogP contribution in [0.1, 0.15) is 32.3 Å². The summed E-state index contributed by atoms with van der Waals surface area (Å²) in [4.78, 5) is 4.60. The Morgan fingerprint density at radius 2 is 1.96 bits per heavy atom. The highest BCUT2D eigenvalue weighted by Gasteiger charge is 2.07. The van der Waals surface area contributed by atoms with Crippen molar-refractivity contribution in [1.82, 2.24) is 10.6 Å². The van der Waals surface area contributed by atoms with Crippen LogP contribution in [0.3, 0.4) is 0 Å². The minimum absolute atomic E-state index is 0. The lowest BCUT2D eigenvalue weighted by molar-refractivity contribution is 0.145. The molecule has 25 heavy (non-hydrogen) atoms. The van der Waals surface area contributed by atoms with Crippen molar-refractivity contribution in [3.63, 3.8) is 0 Å². The summed E-state index contributed by atoms with van der Waals surface area (Å²) in [6.45, 7) is 6.90. The van der Waals surface area contributed by atoms with Gasteiger partial charge >= 0.3 is 0 Å². The van der Waals surface area contributed by atoms with Crippen molar-refractivity contribution in [2.24, 2.45) is 4.99 Å². The number of aliphatic hydroxyl groups excluding tert-OH is 1. The summed E-state index contributed by atoms with van der Waals surface area (Å²) >= 11 is 0. The first-order chi connectivity index (χ1) is 11.7. The molecule has 1 aromatic carbocycles. The summed E-state index contributed by atoms with van der Waals surface area (Å²) < 4.78 is 10.5. The molecule has 0 spiro atoms. The molecule has 0 bridgehead atoms. The third-order valence-corrected chi connectivity index (χ3v) is 3.59. The molecule has 1 rings (SSSR count). The number of hydrogen-bond donors (Lipinski definition) is 3. The first kappa shape index (κ1) is 23.9. The van der Waals surface area contributed by atoms with E-state index in [1.54, 1.807) is 7.11 Å². The van der Waals surface area contributed by atoms with Crippen LogP contribution >= 0.6 is 24.0 Å². The van der Waals surface area contributed by atoms with Crippen LogP contribution in [-0.2, 0) is 11.3 Å². The Balaban J connectivity index is 0.00000576. The normalized spacial score (nSPS) is 12.2. The minimum atomic E-state index is -0.000917. The van der Waals surface area contributed by atoms with Crippen LogP contribution in [0.15, 0.2) is 29.3 Å². The number of ether oxygens (including phenoxy) is 2. The lowest BCUT2D eigenvalue weighted by Gasteiger charge is -2.18. The molecule has 144 valence electrons. The van der Waals surface area contributed by atoms with E-state index in [9.17, 15) is 5.11 Å². The quantitative estimate of drug-likeness (QED) is 0.203. The minimum Gasteiger partial charge on any atom is -0.497 e. The predicted molar refractivity (Wildman–Crippen MR) is 113 cm³/mol. The molecule has 0 aromatic heterocycles. The van der Waals surface area contributed by atoms with Crippen molar-refractivity contribution in [2.45, 2.75) is 39.3 Å². The summed E-state index contributed by atoms with van der Waals surface area (Å²) in [7, 11) is 1.65. The van der Waals surface area contributed by atoms with E-state index in [2.05, 4.69) is 15.6 Å². The zero-order chi connectivity index (χ0) is 17.6. The van der Waals surface area contributed by atoms with Gasteiger partial charge in [0.2, 0.25) is 0 Å². The molecule has 0 unspecified atom stereocenters. The number of methoxy groups -OCH3 is 1. The Morgan fingerprint density at radius 1 is 1.24 bits per heavy atom. The van der Waals surface area contributed by atoms with Crippen LogP contribution in [0.4, 0.5) is 0 Å². The highest BCUT2D eigenvalue weighted by molar-refractivity contribution is 14.0. The third-order valence-electron chi connectivity index (χ3n) is 3.59. The van der Waals surface area contributed by atoms with Crippen LogP contribution in [0.5, 0.6) is 5.75 Å². The SMILES string of the molecule is CCOCCCNC(=NCc1ccc(OC)cc1)N[C@H](CC)CO.I. The van der Waals surface area contributed by atoms with Crippen molar-refractivity contribution < 1.29 is 14.6 Å². The molecular weight excluding hydrogens is 433 g/mol. The van der Waals surface area contributed by atoms with Crippen LogP contribution in [0, 0.1) is 0 Å². The molecule has 6 nitrogen and oxygen atoms in total. The molecule has 1 atom stereocenters. The van der Waals surface area contributed by atoms with Gasteiger partial charge in [0, 0.05) is 19.8 Å². The van der Waals surface area contributed by atoms with Crippen LogP contribution in [-0.4, -0.2) is 50.6 Å². The van der Waals surface area contributed by atoms with Crippen molar-refractivity contribution >= 4 is 29.9 Å². The first-order valence-electron chi connectivity index (χ1n) is 8.59. The highest BCUT2D eigenvalue weighted by atomic mass is 127. The van der Waals surface area contributed by atoms with Gasteiger partial charge in [0.15, 0.2) is 5.96 Å². The Labute approximate surface area is 168 Å². The van der Waals surface area contributed by atoms with Crippen LogP contribution in [0.25, 0.3) is 0 Å². The second-order valence-corrected chi connectivity index (χ2v) is 5.42. The number of aliphatic imine (C=N–C) groups is 1. The molecule has 7 heteroatoms. The topological polar surface area (TPSA) is 75.1 Å². The van der Waals surface area contributed by atoms with E-state index in [0.717, 1.165) is 43.9 Å². The van der Waals surface area contributed by atoms with E-state index in [1.165, 1.54) is 0 Å². The van der Waals surface area contributed by atoms with E-state index in [0.29, 0.717) is 12.5 Å². The summed E-state index contributed by atoms with van der Waals surface area (Å²) in [5, 5.41) is 15.9. The fourth-order valence-corrected chi connectivity index (χ4v) is 2.05. The molecule has 0 amide bonds. The lowest BCUT2D eigenvalue weighted by Crippen LogP contribution is -2.45. The molecular formula is C18H32IN3O3. The Bertz CT molecular complexity index is 465. The average molecular weight is 465 g/mol. The van der Waals surface area contributed by atoms with Gasteiger partial charge in [-0.2, -0.15) is 0 Å². The molecule has 0 saturated heterocycles. The Morgan fingerprint density at radius 3 is 2.52 bits per heavy atom. The maximum absolute atomic E-state index is 9.38. The molecule has 0 heterocycles. The molecule has 0 fully saturated rings.